The molecule has 1 aliphatic heterocycles. The Labute approximate surface area is 145 Å². The minimum Gasteiger partial charge on any atom is -0.399 e. The second-order valence-electron chi connectivity index (χ2n) is 6.07. The van der Waals surface area contributed by atoms with Crippen molar-refractivity contribution in [2.75, 3.05) is 31.9 Å². The van der Waals surface area contributed by atoms with Crippen LogP contribution in [0.3, 0.4) is 0 Å². The van der Waals surface area contributed by atoms with E-state index in [-0.39, 0.29) is 11.8 Å². The fourth-order valence-electron chi connectivity index (χ4n) is 2.94. The van der Waals surface area contributed by atoms with Gasteiger partial charge < -0.3 is 15.5 Å². The van der Waals surface area contributed by atoms with E-state index < -0.39 is 5.82 Å². The standard InChI is InChI=1S/C19H20FN3O2/c20-16-4-1-3-15(13-16)19(25)23-10-2-9-22(11-12-23)18(24)14-5-7-17(21)8-6-14/h1,3-8,13H,2,9-12,21H2. The first-order valence-electron chi connectivity index (χ1n) is 8.24. The zero-order valence-corrected chi connectivity index (χ0v) is 13.8. The largest absolute Gasteiger partial charge is 0.399 e. The van der Waals surface area contributed by atoms with Crippen LogP contribution in [-0.4, -0.2) is 47.8 Å². The minimum atomic E-state index is -0.430. The van der Waals surface area contributed by atoms with Crippen molar-refractivity contribution in [2.24, 2.45) is 0 Å². The molecular formula is C19H20FN3O2. The Morgan fingerprint density at radius 2 is 1.44 bits per heavy atom. The highest BCUT2D eigenvalue weighted by Gasteiger charge is 2.23. The zero-order chi connectivity index (χ0) is 17.8. The van der Waals surface area contributed by atoms with E-state index in [0.717, 1.165) is 0 Å². The van der Waals surface area contributed by atoms with E-state index in [0.29, 0.717) is 49.4 Å². The van der Waals surface area contributed by atoms with E-state index in [1.165, 1.54) is 18.2 Å². The van der Waals surface area contributed by atoms with Crippen LogP contribution in [0.4, 0.5) is 10.1 Å². The summed E-state index contributed by atoms with van der Waals surface area (Å²) in [6.07, 6.45) is 0.682. The molecule has 0 radical (unpaired) electrons. The van der Waals surface area contributed by atoms with Crippen molar-refractivity contribution in [3.8, 4) is 0 Å². The van der Waals surface area contributed by atoms with E-state index in [4.69, 9.17) is 5.73 Å². The fourth-order valence-corrected chi connectivity index (χ4v) is 2.94. The van der Waals surface area contributed by atoms with Gasteiger partial charge in [0.2, 0.25) is 0 Å². The van der Waals surface area contributed by atoms with Crippen LogP contribution in [0.25, 0.3) is 0 Å². The Morgan fingerprint density at radius 1 is 0.840 bits per heavy atom. The van der Waals surface area contributed by atoms with Crippen LogP contribution in [0, 0.1) is 5.82 Å². The lowest BCUT2D eigenvalue weighted by Crippen LogP contribution is -2.37. The summed E-state index contributed by atoms with van der Waals surface area (Å²) in [5, 5.41) is 0. The highest BCUT2D eigenvalue weighted by molar-refractivity contribution is 5.95. The molecule has 130 valence electrons. The van der Waals surface area contributed by atoms with E-state index in [9.17, 15) is 14.0 Å². The van der Waals surface area contributed by atoms with Gasteiger partial charge in [-0.2, -0.15) is 0 Å². The van der Waals surface area contributed by atoms with E-state index in [1.54, 1.807) is 40.1 Å². The smallest absolute Gasteiger partial charge is 0.254 e. The van der Waals surface area contributed by atoms with Crippen LogP contribution in [0.2, 0.25) is 0 Å². The molecule has 1 saturated heterocycles. The molecule has 1 aliphatic rings. The Balaban J connectivity index is 1.67. The maximum atomic E-state index is 13.3. The Bertz CT molecular complexity index is 776. The molecule has 1 fully saturated rings. The van der Waals surface area contributed by atoms with Gasteiger partial charge in [-0.25, -0.2) is 4.39 Å². The number of carbonyl (C=O) groups excluding carboxylic acids is 2. The molecule has 2 aromatic rings. The van der Waals surface area contributed by atoms with Crippen molar-refractivity contribution in [3.05, 3.63) is 65.5 Å². The number of halogens is 1. The Hall–Kier alpha value is -2.89. The SMILES string of the molecule is Nc1ccc(C(=O)N2CCCN(C(=O)c3cccc(F)c3)CC2)cc1. The third-order valence-corrected chi connectivity index (χ3v) is 4.30. The summed E-state index contributed by atoms with van der Waals surface area (Å²) in [6.45, 7) is 2.00. The fraction of sp³-hybridized carbons (Fsp3) is 0.263. The molecule has 0 atom stereocenters. The summed E-state index contributed by atoms with van der Waals surface area (Å²) >= 11 is 0. The number of hydrogen-bond donors (Lipinski definition) is 1. The normalized spacial score (nSPS) is 14.9. The summed E-state index contributed by atoms with van der Waals surface area (Å²) in [4.78, 5) is 28.5. The first-order chi connectivity index (χ1) is 12.0. The van der Waals surface area contributed by atoms with Crippen LogP contribution in [0.15, 0.2) is 48.5 Å². The van der Waals surface area contributed by atoms with Crippen molar-refractivity contribution < 1.29 is 14.0 Å². The number of benzene rings is 2. The number of anilines is 1. The first kappa shape index (κ1) is 17.0. The summed E-state index contributed by atoms with van der Waals surface area (Å²) in [5.74, 6) is -0.706. The quantitative estimate of drug-likeness (QED) is 0.853. The number of nitrogens with zero attached hydrogens (tertiary/aromatic N) is 2. The lowest BCUT2D eigenvalue weighted by Gasteiger charge is -2.22. The predicted molar refractivity (Wildman–Crippen MR) is 93.7 cm³/mol. The third kappa shape index (κ3) is 3.96. The number of nitrogen functional groups attached to an aromatic ring is 1. The molecule has 0 bridgehead atoms. The maximum absolute atomic E-state index is 13.3. The zero-order valence-electron chi connectivity index (χ0n) is 13.8. The molecule has 0 aromatic heterocycles. The van der Waals surface area contributed by atoms with Crippen LogP contribution in [0.1, 0.15) is 27.1 Å². The molecule has 5 nitrogen and oxygen atoms in total. The maximum Gasteiger partial charge on any atom is 0.254 e. The van der Waals surface area contributed by atoms with E-state index >= 15 is 0 Å². The summed E-state index contributed by atoms with van der Waals surface area (Å²) < 4.78 is 13.3. The third-order valence-electron chi connectivity index (χ3n) is 4.30. The Morgan fingerprint density at radius 3 is 2.04 bits per heavy atom. The van der Waals surface area contributed by atoms with Crippen molar-refractivity contribution in [2.45, 2.75) is 6.42 Å². The number of carbonyl (C=O) groups is 2. The predicted octanol–water partition coefficient (Wildman–Crippen LogP) is 2.40. The Kier molecular flexibility index (Phi) is 4.97. The van der Waals surface area contributed by atoms with Gasteiger partial charge in [-0.1, -0.05) is 6.07 Å². The van der Waals surface area contributed by atoms with Gasteiger partial charge in [0.25, 0.3) is 11.8 Å². The highest BCUT2D eigenvalue weighted by atomic mass is 19.1. The summed E-state index contributed by atoms with van der Waals surface area (Å²) in [5.41, 5.74) is 7.18. The van der Waals surface area contributed by atoms with Crippen LogP contribution in [-0.2, 0) is 0 Å². The van der Waals surface area contributed by atoms with Crippen molar-refractivity contribution in [1.82, 2.24) is 9.80 Å². The molecular weight excluding hydrogens is 321 g/mol. The average Bonchev–Trinajstić information content (AvgIpc) is 2.87. The monoisotopic (exact) mass is 341 g/mol. The number of hydrogen-bond acceptors (Lipinski definition) is 3. The van der Waals surface area contributed by atoms with Gasteiger partial charge in [0.1, 0.15) is 5.82 Å². The van der Waals surface area contributed by atoms with Crippen molar-refractivity contribution >= 4 is 17.5 Å². The average molecular weight is 341 g/mol. The molecule has 6 heteroatoms. The van der Waals surface area contributed by atoms with E-state index in [2.05, 4.69) is 0 Å². The van der Waals surface area contributed by atoms with Gasteiger partial charge in [-0.15, -0.1) is 0 Å². The van der Waals surface area contributed by atoms with Crippen molar-refractivity contribution in [1.29, 1.82) is 0 Å². The molecule has 2 aromatic carbocycles. The van der Waals surface area contributed by atoms with Crippen LogP contribution >= 0.6 is 0 Å². The van der Waals surface area contributed by atoms with Gasteiger partial charge >= 0.3 is 0 Å². The van der Waals surface area contributed by atoms with Gasteiger partial charge in [0.15, 0.2) is 0 Å². The summed E-state index contributed by atoms with van der Waals surface area (Å²) in [7, 11) is 0. The summed E-state index contributed by atoms with van der Waals surface area (Å²) in [6, 6.07) is 12.5. The molecule has 2 amide bonds. The second kappa shape index (κ2) is 7.34. The minimum absolute atomic E-state index is 0.0694. The lowest BCUT2D eigenvalue weighted by molar-refractivity contribution is 0.0718. The van der Waals surface area contributed by atoms with Crippen LogP contribution < -0.4 is 5.73 Å². The van der Waals surface area contributed by atoms with E-state index in [1.807, 2.05) is 0 Å². The number of nitrogens with two attached hydrogens (primary N) is 1. The molecule has 1 heterocycles. The second-order valence-corrected chi connectivity index (χ2v) is 6.07. The molecule has 0 aliphatic carbocycles. The van der Waals surface area contributed by atoms with Gasteiger partial charge in [0, 0.05) is 43.0 Å². The molecule has 0 spiro atoms. The van der Waals surface area contributed by atoms with Crippen LogP contribution in [0.5, 0.6) is 0 Å². The molecule has 25 heavy (non-hydrogen) atoms. The topological polar surface area (TPSA) is 66.6 Å². The molecule has 0 unspecified atom stereocenters. The highest BCUT2D eigenvalue weighted by Crippen LogP contribution is 2.14. The lowest BCUT2D eigenvalue weighted by atomic mass is 10.2. The van der Waals surface area contributed by atoms with Gasteiger partial charge in [0.05, 0.1) is 0 Å². The van der Waals surface area contributed by atoms with Crippen molar-refractivity contribution in [3.63, 3.8) is 0 Å². The molecule has 0 saturated carbocycles. The molecule has 2 N–H and O–H groups in total. The van der Waals surface area contributed by atoms with Gasteiger partial charge in [-0.3, -0.25) is 9.59 Å². The number of rotatable bonds is 2. The van der Waals surface area contributed by atoms with Gasteiger partial charge in [-0.05, 0) is 48.9 Å². The first-order valence-corrected chi connectivity index (χ1v) is 8.24. The number of amides is 2. The molecule has 3 rings (SSSR count).